The van der Waals surface area contributed by atoms with Crippen molar-refractivity contribution in [1.82, 2.24) is 4.90 Å². The van der Waals surface area contributed by atoms with Gasteiger partial charge in [-0.3, -0.25) is 4.79 Å². The van der Waals surface area contributed by atoms with E-state index in [2.05, 4.69) is 0 Å². The van der Waals surface area contributed by atoms with E-state index >= 15 is 0 Å². The van der Waals surface area contributed by atoms with Crippen LogP contribution in [0.1, 0.15) is 26.3 Å². The number of nitrogens with zero attached hydrogens (tertiary/aromatic N) is 1. The predicted molar refractivity (Wildman–Crippen MR) is 84.5 cm³/mol. The SMILES string of the molecule is CC(C)Oc1cccc(CC(=O)N2CC(C(=O)O)O[C@H](C)C2)c1. The molecular weight excluding hydrogens is 298 g/mol. The maximum atomic E-state index is 12.5. The molecule has 0 saturated carbocycles. The summed E-state index contributed by atoms with van der Waals surface area (Å²) in [5.74, 6) is -0.418. The molecule has 0 aliphatic carbocycles. The molecule has 1 aromatic rings. The Kier molecular flexibility index (Phi) is 5.60. The van der Waals surface area contributed by atoms with Crippen LogP contribution in [-0.4, -0.2) is 53.3 Å². The summed E-state index contributed by atoms with van der Waals surface area (Å²) in [7, 11) is 0. The number of carbonyl (C=O) groups excluding carboxylic acids is 1. The topological polar surface area (TPSA) is 76.1 Å². The molecule has 0 radical (unpaired) electrons. The molecule has 1 heterocycles. The predicted octanol–water partition coefficient (Wildman–Crippen LogP) is 1.72. The van der Waals surface area contributed by atoms with Crippen molar-refractivity contribution in [1.29, 1.82) is 0 Å². The van der Waals surface area contributed by atoms with Crippen LogP contribution in [0.25, 0.3) is 0 Å². The van der Waals surface area contributed by atoms with Gasteiger partial charge in [0.1, 0.15) is 5.75 Å². The summed E-state index contributed by atoms with van der Waals surface area (Å²) in [6.45, 7) is 6.15. The van der Waals surface area contributed by atoms with Crippen LogP contribution in [0.15, 0.2) is 24.3 Å². The van der Waals surface area contributed by atoms with Crippen molar-refractivity contribution in [2.24, 2.45) is 0 Å². The van der Waals surface area contributed by atoms with Gasteiger partial charge >= 0.3 is 5.97 Å². The Bertz CT molecular complexity index is 572. The van der Waals surface area contributed by atoms with Gasteiger partial charge in [0.05, 0.1) is 25.2 Å². The molecule has 1 unspecified atom stereocenters. The average molecular weight is 321 g/mol. The normalized spacial score (nSPS) is 21.3. The lowest BCUT2D eigenvalue weighted by molar-refractivity contribution is -0.166. The lowest BCUT2D eigenvalue weighted by Gasteiger charge is -2.35. The first-order chi connectivity index (χ1) is 10.8. The number of carboxylic acid groups (broad SMARTS) is 1. The van der Waals surface area contributed by atoms with E-state index in [9.17, 15) is 9.59 Å². The monoisotopic (exact) mass is 321 g/mol. The molecule has 1 amide bonds. The highest BCUT2D eigenvalue weighted by Gasteiger charge is 2.32. The van der Waals surface area contributed by atoms with Gasteiger partial charge in [-0.15, -0.1) is 0 Å². The van der Waals surface area contributed by atoms with Gasteiger partial charge in [0, 0.05) is 6.54 Å². The number of aliphatic carboxylic acids is 1. The quantitative estimate of drug-likeness (QED) is 0.893. The number of carbonyl (C=O) groups is 2. The standard InChI is InChI=1S/C17H23NO5/c1-11(2)22-14-6-4-5-13(7-14)8-16(19)18-9-12(3)23-15(10-18)17(20)21/h4-7,11-12,15H,8-10H2,1-3H3,(H,20,21)/t12-,15?/m1/s1. The molecule has 1 aliphatic rings. The zero-order valence-electron chi connectivity index (χ0n) is 13.7. The van der Waals surface area contributed by atoms with E-state index in [4.69, 9.17) is 14.6 Å². The van der Waals surface area contributed by atoms with Gasteiger partial charge in [0.25, 0.3) is 0 Å². The van der Waals surface area contributed by atoms with Crippen LogP contribution in [0.4, 0.5) is 0 Å². The molecule has 1 N–H and O–H groups in total. The van der Waals surface area contributed by atoms with Crippen molar-refractivity contribution in [2.45, 2.75) is 45.5 Å². The van der Waals surface area contributed by atoms with Crippen LogP contribution in [0.5, 0.6) is 5.75 Å². The second-order valence-corrected chi connectivity index (χ2v) is 6.06. The van der Waals surface area contributed by atoms with Crippen LogP contribution in [0, 0.1) is 0 Å². The molecule has 0 aromatic heterocycles. The number of benzene rings is 1. The summed E-state index contributed by atoms with van der Waals surface area (Å²) in [6.07, 6.45) is -0.964. The van der Waals surface area contributed by atoms with Crippen molar-refractivity contribution in [3.05, 3.63) is 29.8 Å². The van der Waals surface area contributed by atoms with E-state index in [1.807, 2.05) is 38.1 Å². The van der Waals surface area contributed by atoms with Crippen LogP contribution >= 0.6 is 0 Å². The fourth-order valence-electron chi connectivity index (χ4n) is 2.58. The van der Waals surface area contributed by atoms with Gasteiger partial charge in [-0.05, 0) is 38.5 Å². The third kappa shape index (κ3) is 4.96. The smallest absolute Gasteiger partial charge is 0.334 e. The average Bonchev–Trinajstić information content (AvgIpc) is 2.46. The van der Waals surface area contributed by atoms with Crippen molar-refractivity contribution in [3.63, 3.8) is 0 Å². The number of ether oxygens (including phenoxy) is 2. The van der Waals surface area contributed by atoms with E-state index in [0.29, 0.717) is 6.54 Å². The highest BCUT2D eigenvalue weighted by atomic mass is 16.5. The minimum atomic E-state index is -1.04. The summed E-state index contributed by atoms with van der Waals surface area (Å²) in [6, 6.07) is 7.41. The molecule has 1 aliphatic heterocycles. The number of morpholine rings is 1. The highest BCUT2D eigenvalue weighted by molar-refractivity contribution is 5.80. The summed E-state index contributed by atoms with van der Waals surface area (Å²) >= 11 is 0. The number of carboxylic acids is 1. The minimum absolute atomic E-state index is 0.0670. The zero-order valence-corrected chi connectivity index (χ0v) is 13.7. The number of rotatable bonds is 5. The van der Waals surface area contributed by atoms with Crippen LogP contribution in [0.2, 0.25) is 0 Å². The Balaban J connectivity index is 2.02. The molecule has 23 heavy (non-hydrogen) atoms. The van der Waals surface area contributed by atoms with E-state index in [0.717, 1.165) is 11.3 Å². The number of hydrogen-bond acceptors (Lipinski definition) is 4. The lowest BCUT2D eigenvalue weighted by atomic mass is 10.1. The Hall–Kier alpha value is -2.08. The van der Waals surface area contributed by atoms with Crippen LogP contribution < -0.4 is 4.74 Å². The molecule has 1 saturated heterocycles. The summed E-state index contributed by atoms with van der Waals surface area (Å²) in [4.78, 5) is 25.1. The van der Waals surface area contributed by atoms with Gasteiger partial charge in [0.15, 0.2) is 6.10 Å². The van der Waals surface area contributed by atoms with E-state index in [-0.39, 0.29) is 31.1 Å². The Morgan fingerprint density at radius 2 is 2.13 bits per heavy atom. The van der Waals surface area contributed by atoms with Crippen molar-refractivity contribution in [3.8, 4) is 5.75 Å². The fraction of sp³-hybridized carbons (Fsp3) is 0.529. The first-order valence-corrected chi connectivity index (χ1v) is 7.76. The second kappa shape index (κ2) is 7.46. The van der Waals surface area contributed by atoms with Crippen molar-refractivity contribution in [2.75, 3.05) is 13.1 Å². The maximum absolute atomic E-state index is 12.5. The first kappa shape index (κ1) is 17.3. The molecule has 6 nitrogen and oxygen atoms in total. The summed E-state index contributed by atoms with van der Waals surface area (Å²) < 4.78 is 11.0. The first-order valence-electron chi connectivity index (χ1n) is 7.76. The molecule has 6 heteroatoms. The van der Waals surface area contributed by atoms with E-state index in [1.165, 1.54) is 0 Å². The van der Waals surface area contributed by atoms with Gasteiger partial charge in [-0.2, -0.15) is 0 Å². The van der Waals surface area contributed by atoms with E-state index < -0.39 is 12.1 Å². The highest BCUT2D eigenvalue weighted by Crippen LogP contribution is 2.17. The molecule has 0 spiro atoms. The Morgan fingerprint density at radius 1 is 1.39 bits per heavy atom. The third-order valence-electron chi connectivity index (χ3n) is 3.51. The van der Waals surface area contributed by atoms with Crippen molar-refractivity contribution >= 4 is 11.9 Å². The van der Waals surface area contributed by atoms with Gasteiger partial charge in [-0.25, -0.2) is 4.79 Å². The maximum Gasteiger partial charge on any atom is 0.334 e. The van der Waals surface area contributed by atoms with Crippen molar-refractivity contribution < 1.29 is 24.2 Å². The summed E-state index contributed by atoms with van der Waals surface area (Å²) in [5, 5.41) is 9.09. The van der Waals surface area contributed by atoms with Crippen LogP contribution in [0.3, 0.4) is 0 Å². The lowest BCUT2D eigenvalue weighted by Crippen LogP contribution is -2.52. The molecule has 2 atom stereocenters. The molecule has 1 aromatic carbocycles. The van der Waals surface area contributed by atoms with Gasteiger partial charge in [0.2, 0.25) is 5.91 Å². The zero-order chi connectivity index (χ0) is 17.0. The minimum Gasteiger partial charge on any atom is -0.491 e. The van der Waals surface area contributed by atoms with Gasteiger partial charge in [-0.1, -0.05) is 12.1 Å². The molecular formula is C17H23NO5. The third-order valence-corrected chi connectivity index (χ3v) is 3.51. The van der Waals surface area contributed by atoms with Gasteiger partial charge < -0.3 is 19.5 Å². The summed E-state index contributed by atoms with van der Waals surface area (Å²) in [5.41, 5.74) is 0.846. The fourth-order valence-corrected chi connectivity index (χ4v) is 2.58. The van der Waals surface area contributed by atoms with E-state index in [1.54, 1.807) is 11.8 Å². The molecule has 0 bridgehead atoms. The van der Waals surface area contributed by atoms with Crippen LogP contribution in [-0.2, 0) is 20.7 Å². The molecule has 2 rings (SSSR count). The number of hydrogen-bond donors (Lipinski definition) is 1. The largest absolute Gasteiger partial charge is 0.491 e. The molecule has 126 valence electrons. The Labute approximate surface area is 136 Å². The molecule has 1 fully saturated rings. The second-order valence-electron chi connectivity index (χ2n) is 6.06. The number of amides is 1. The Morgan fingerprint density at radius 3 is 2.78 bits per heavy atom.